The minimum absolute atomic E-state index is 0.0668. The highest BCUT2D eigenvalue weighted by Crippen LogP contribution is 2.28. The van der Waals surface area contributed by atoms with Crippen LogP contribution in [0.3, 0.4) is 0 Å². The molecule has 1 heterocycles. The number of rotatable bonds is 2. The number of nitrogens with zero attached hydrogens (tertiary/aromatic N) is 1. The average molecular weight is 260 g/mol. The van der Waals surface area contributed by atoms with Crippen LogP contribution in [0.4, 0.5) is 5.69 Å². The second kappa shape index (κ2) is 4.73. The first kappa shape index (κ1) is 13.1. The van der Waals surface area contributed by atoms with Gasteiger partial charge in [0.1, 0.15) is 0 Å². The molecule has 96 valence electrons. The number of thiocarbonyl (C=S) groups is 1. The SMILES string of the molecule is CCc1cccc(C)c1N1C=CC(C)(C)NC1=S. The predicted molar refractivity (Wildman–Crippen MR) is 82.0 cm³/mol. The summed E-state index contributed by atoms with van der Waals surface area (Å²) in [5, 5.41) is 4.12. The van der Waals surface area contributed by atoms with Gasteiger partial charge in [0, 0.05) is 6.20 Å². The van der Waals surface area contributed by atoms with Gasteiger partial charge in [-0.2, -0.15) is 0 Å². The molecule has 0 atom stereocenters. The summed E-state index contributed by atoms with van der Waals surface area (Å²) in [6.45, 7) is 8.54. The van der Waals surface area contributed by atoms with Crippen molar-refractivity contribution in [3.63, 3.8) is 0 Å². The molecule has 1 aromatic rings. The van der Waals surface area contributed by atoms with Gasteiger partial charge in [-0.1, -0.05) is 25.1 Å². The molecule has 18 heavy (non-hydrogen) atoms. The van der Waals surface area contributed by atoms with Crippen LogP contribution < -0.4 is 10.2 Å². The Labute approximate surface area is 115 Å². The van der Waals surface area contributed by atoms with E-state index in [-0.39, 0.29) is 5.54 Å². The van der Waals surface area contributed by atoms with Crippen LogP contribution in [0, 0.1) is 6.92 Å². The number of nitrogens with one attached hydrogen (secondary N) is 1. The fourth-order valence-electron chi connectivity index (χ4n) is 2.23. The molecule has 1 aliphatic heterocycles. The van der Waals surface area contributed by atoms with Crippen molar-refractivity contribution in [2.75, 3.05) is 4.90 Å². The molecule has 1 aliphatic rings. The lowest BCUT2D eigenvalue weighted by molar-refractivity contribution is 0.566. The van der Waals surface area contributed by atoms with Crippen LogP contribution in [-0.2, 0) is 6.42 Å². The first-order valence-electron chi connectivity index (χ1n) is 6.34. The molecule has 2 rings (SSSR count). The number of hydrogen-bond donors (Lipinski definition) is 1. The van der Waals surface area contributed by atoms with Crippen LogP contribution in [0.15, 0.2) is 30.5 Å². The second-order valence-electron chi connectivity index (χ2n) is 5.27. The fraction of sp³-hybridized carbons (Fsp3) is 0.400. The quantitative estimate of drug-likeness (QED) is 0.819. The van der Waals surface area contributed by atoms with Gasteiger partial charge in [-0.05, 0) is 56.6 Å². The van der Waals surface area contributed by atoms with Crippen molar-refractivity contribution in [1.82, 2.24) is 5.32 Å². The zero-order valence-corrected chi connectivity index (χ0v) is 12.3. The van der Waals surface area contributed by atoms with E-state index < -0.39 is 0 Å². The van der Waals surface area contributed by atoms with Gasteiger partial charge >= 0.3 is 0 Å². The molecule has 0 fully saturated rings. The van der Waals surface area contributed by atoms with Crippen LogP contribution in [0.2, 0.25) is 0 Å². The predicted octanol–water partition coefficient (Wildman–Crippen LogP) is 3.54. The van der Waals surface area contributed by atoms with E-state index in [0.29, 0.717) is 0 Å². The Morgan fingerprint density at radius 1 is 1.33 bits per heavy atom. The van der Waals surface area contributed by atoms with Crippen molar-refractivity contribution >= 4 is 23.0 Å². The Hall–Kier alpha value is -1.35. The molecule has 0 aromatic heterocycles. The standard InChI is InChI=1S/C15H20N2S/c1-5-12-8-6-7-11(2)13(12)17-10-9-15(3,4)16-14(17)18/h6-10H,5H2,1-4H3,(H,16,18). The number of benzene rings is 1. The average Bonchev–Trinajstić information content (AvgIpc) is 2.29. The smallest absolute Gasteiger partial charge is 0.178 e. The van der Waals surface area contributed by atoms with Gasteiger partial charge in [0.2, 0.25) is 0 Å². The van der Waals surface area contributed by atoms with Gasteiger partial charge in [-0.25, -0.2) is 0 Å². The maximum Gasteiger partial charge on any atom is 0.178 e. The fourth-order valence-corrected chi connectivity index (χ4v) is 2.65. The van der Waals surface area contributed by atoms with Crippen LogP contribution in [-0.4, -0.2) is 10.7 Å². The topological polar surface area (TPSA) is 15.3 Å². The highest BCUT2D eigenvalue weighted by Gasteiger charge is 2.25. The normalized spacial score (nSPS) is 17.8. The number of para-hydroxylation sites is 1. The zero-order chi connectivity index (χ0) is 13.3. The van der Waals surface area contributed by atoms with Crippen molar-refractivity contribution in [1.29, 1.82) is 0 Å². The van der Waals surface area contributed by atoms with E-state index in [0.717, 1.165) is 11.5 Å². The minimum atomic E-state index is -0.0668. The van der Waals surface area contributed by atoms with E-state index in [4.69, 9.17) is 12.2 Å². The van der Waals surface area contributed by atoms with Gasteiger partial charge in [0.15, 0.2) is 5.11 Å². The Morgan fingerprint density at radius 3 is 2.67 bits per heavy atom. The molecular formula is C15H20N2S. The third-order valence-electron chi connectivity index (χ3n) is 3.23. The Bertz CT molecular complexity index is 503. The molecule has 0 unspecified atom stereocenters. The van der Waals surface area contributed by atoms with Crippen LogP contribution in [0.1, 0.15) is 31.9 Å². The highest BCUT2D eigenvalue weighted by atomic mass is 32.1. The van der Waals surface area contributed by atoms with E-state index in [1.54, 1.807) is 0 Å². The molecule has 0 spiro atoms. The van der Waals surface area contributed by atoms with Gasteiger partial charge in [0.05, 0.1) is 11.2 Å². The van der Waals surface area contributed by atoms with Crippen molar-refractivity contribution in [3.05, 3.63) is 41.6 Å². The molecule has 3 heteroatoms. The van der Waals surface area contributed by atoms with Crippen LogP contribution >= 0.6 is 12.2 Å². The lowest BCUT2D eigenvalue weighted by atomic mass is 10.0. The second-order valence-corrected chi connectivity index (χ2v) is 5.66. The first-order valence-corrected chi connectivity index (χ1v) is 6.74. The largest absolute Gasteiger partial charge is 0.354 e. The molecular weight excluding hydrogens is 240 g/mol. The van der Waals surface area contributed by atoms with E-state index in [1.807, 2.05) is 0 Å². The summed E-state index contributed by atoms with van der Waals surface area (Å²) in [5.41, 5.74) is 3.72. The lowest BCUT2D eigenvalue weighted by Gasteiger charge is -2.36. The summed E-state index contributed by atoms with van der Waals surface area (Å²) in [7, 11) is 0. The third-order valence-corrected chi connectivity index (χ3v) is 3.53. The van der Waals surface area contributed by atoms with Gasteiger partial charge in [0.25, 0.3) is 0 Å². The van der Waals surface area contributed by atoms with E-state index in [9.17, 15) is 0 Å². The Kier molecular flexibility index (Phi) is 3.44. The minimum Gasteiger partial charge on any atom is -0.354 e. The molecule has 2 nitrogen and oxygen atoms in total. The number of hydrogen-bond acceptors (Lipinski definition) is 1. The van der Waals surface area contributed by atoms with Gasteiger partial charge < -0.3 is 5.32 Å². The number of aryl methyl sites for hydroxylation is 2. The zero-order valence-electron chi connectivity index (χ0n) is 11.4. The third kappa shape index (κ3) is 2.41. The van der Waals surface area contributed by atoms with Crippen molar-refractivity contribution in [2.45, 2.75) is 39.7 Å². The maximum absolute atomic E-state index is 5.49. The van der Waals surface area contributed by atoms with E-state index in [2.05, 4.69) is 68.4 Å². The van der Waals surface area contributed by atoms with Crippen molar-refractivity contribution < 1.29 is 0 Å². The Morgan fingerprint density at radius 2 is 2.06 bits per heavy atom. The van der Waals surface area contributed by atoms with Gasteiger partial charge in [-0.3, -0.25) is 4.90 Å². The first-order chi connectivity index (χ1) is 8.44. The van der Waals surface area contributed by atoms with Crippen molar-refractivity contribution in [3.8, 4) is 0 Å². The monoisotopic (exact) mass is 260 g/mol. The van der Waals surface area contributed by atoms with E-state index in [1.165, 1.54) is 16.8 Å². The summed E-state index contributed by atoms with van der Waals surface area (Å²) in [6, 6.07) is 6.40. The summed E-state index contributed by atoms with van der Waals surface area (Å²) in [4.78, 5) is 2.08. The molecule has 1 N–H and O–H groups in total. The summed E-state index contributed by atoms with van der Waals surface area (Å²) in [6.07, 6.45) is 5.24. The lowest BCUT2D eigenvalue weighted by Crippen LogP contribution is -2.51. The highest BCUT2D eigenvalue weighted by molar-refractivity contribution is 7.80. The Balaban J connectivity index is 2.47. The van der Waals surface area contributed by atoms with E-state index >= 15 is 0 Å². The van der Waals surface area contributed by atoms with Crippen LogP contribution in [0.5, 0.6) is 0 Å². The molecule has 0 saturated heterocycles. The molecule has 1 aromatic carbocycles. The molecule has 0 saturated carbocycles. The van der Waals surface area contributed by atoms with Crippen LogP contribution in [0.25, 0.3) is 0 Å². The van der Waals surface area contributed by atoms with Gasteiger partial charge in [-0.15, -0.1) is 0 Å². The summed E-state index contributed by atoms with van der Waals surface area (Å²) >= 11 is 5.49. The summed E-state index contributed by atoms with van der Waals surface area (Å²) in [5.74, 6) is 0. The number of anilines is 1. The molecule has 0 bridgehead atoms. The summed E-state index contributed by atoms with van der Waals surface area (Å²) < 4.78 is 0. The molecule has 0 aliphatic carbocycles. The maximum atomic E-state index is 5.49. The van der Waals surface area contributed by atoms with Crippen molar-refractivity contribution in [2.24, 2.45) is 0 Å². The molecule has 0 amide bonds. The molecule has 0 radical (unpaired) electrons.